The fraction of sp³-hybridized carbons (Fsp3) is 0.462. The number of phenolic OH excluding ortho intramolecular Hbond substituents is 1. The van der Waals surface area contributed by atoms with Crippen LogP contribution in [-0.2, 0) is 0 Å². The number of carbonyl (C=O) groups is 1. The van der Waals surface area contributed by atoms with Crippen molar-refractivity contribution in [3.63, 3.8) is 0 Å². The smallest absolute Gasteiger partial charge is 0.251 e. The summed E-state index contributed by atoms with van der Waals surface area (Å²) in [5.74, 6) is 0.131. The average Bonchev–Trinajstić information content (AvgIpc) is 2.24. The van der Waals surface area contributed by atoms with E-state index in [1.165, 1.54) is 13.2 Å². The van der Waals surface area contributed by atoms with Crippen molar-refractivity contribution < 1.29 is 14.6 Å². The van der Waals surface area contributed by atoms with Crippen molar-refractivity contribution in [1.29, 1.82) is 0 Å². The average molecular weight is 237 g/mol. The van der Waals surface area contributed by atoms with E-state index >= 15 is 0 Å². The zero-order valence-corrected chi connectivity index (χ0v) is 10.7. The highest BCUT2D eigenvalue weighted by Crippen LogP contribution is 2.26. The largest absolute Gasteiger partial charge is 0.504 e. The summed E-state index contributed by atoms with van der Waals surface area (Å²) in [6.07, 6.45) is 0. The molecule has 17 heavy (non-hydrogen) atoms. The molecule has 1 rings (SSSR count). The predicted octanol–water partition coefficient (Wildman–Crippen LogP) is 2.18. The van der Waals surface area contributed by atoms with Crippen molar-refractivity contribution in [1.82, 2.24) is 5.32 Å². The molecular formula is C13H19NO3. The number of nitrogens with one attached hydrogen (secondary N) is 1. The lowest BCUT2D eigenvalue weighted by atomic mass is 9.97. The highest BCUT2D eigenvalue weighted by Gasteiger charge is 2.14. The molecule has 1 aromatic rings. The Morgan fingerprint density at radius 2 is 2.06 bits per heavy atom. The Hall–Kier alpha value is -1.71. The van der Waals surface area contributed by atoms with Gasteiger partial charge in [-0.15, -0.1) is 0 Å². The maximum atomic E-state index is 11.8. The van der Waals surface area contributed by atoms with Crippen molar-refractivity contribution >= 4 is 5.91 Å². The van der Waals surface area contributed by atoms with Gasteiger partial charge >= 0.3 is 0 Å². The highest BCUT2D eigenvalue weighted by atomic mass is 16.5. The molecule has 0 saturated carbocycles. The minimum atomic E-state index is -0.196. The highest BCUT2D eigenvalue weighted by molar-refractivity contribution is 5.94. The van der Waals surface area contributed by atoms with Gasteiger partial charge in [-0.3, -0.25) is 4.79 Å². The Morgan fingerprint density at radius 3 is 2.53 bits per heavy atom. The number of hydrogen-bond acceptors (Lipinski definition) is 3. The molecule has 0 aromatic heterocycles. The molecule has 0 fully saturated rings. The molecule has 0 aliphatic rings. The zero-order chi connectivity index (χ0) is 13.1. The van der Waals surface area contributed by atoms with Gasteiger partial charge in [0.1, 0.15) is 0 Å². The van der Waals surface area contributed by atoms with E-state index < -0.39 is 0 Å². The van der Waals surface area contributed by atoms with E-state index in [1.54, 1.807) is 12.1 Å². The van der Waals surface area contributed by atoms with Gasteiger partial charge in [-0.2, -0.15) is 0 Å². The van der Waals surface area contributed by atoms with E-state index in [-0.39, 0.29) is 17.1 Å². The van der Waals surface area contributed by atoms with Crippen molar-refractivity contribution in [3.05, 3.63) is 23.8 Å². The topological polar surface area (TPSA) is 58.6 Å². The third-order valence-corrected chi connectivity index (χ3v) is 2.22. The van der Waals surface area contributed by atoms with E-state index in [2.05, 4.69) is 5.32 Å². The van der Waals surface area contributed by atoms with E-state index in [0.29, 0.717) is 17.9 Å². The normalized spacial score (nSPS) is 11.1. The Balaban J connectivity index is 2.73. The van der Waals surface area contributed by atoms with Gasteiger partial charge in [0.15, 0.2) is 11.5 Å². The second-order valence-corrected chi connectivity index (χ2v) is 5.13. The summed E-state index contributed by atoms with van der Waals surface area (Å²) in [7, 11) is 1.47. The molecule has 0 heterocycles. The minimum absolute atomic E-state index is 0.0316. The molecule has 0 saturated heterocycles. The van der Waals surface area contributed by atoms with Crippen LogP contribution in [0, 0.1) is 5.41 Å². The summed E-state index contributed by atoms with van der Waals surface area (Å²) in [6.45, 7) is 6.70. The molecule has 0 radical (unpaired) electrons. The summed E-state index contributed by atoms with van der Waals surface area (Å²) in [5.41, 5.74) is 0.456. The number of methoxy groups -OCH3 is 1. The first kappa shape index (κ1) is 13.4. The first-order valence-corrected chi connectivity index (χ1v) is 5.49. The molecule has 0 bridgehead atoms. The Morgan fingerprint density at radius 1 is 1.41 bits per heavy atom. The van der Waals surface area contributed by atoms with Crippen LogP contribution in [0.5, 0.6) is 11.5 Å². The van der Waals surface area contributed by atoms with E-state index in [9.17, 15) is 9.90 Å². The number of phenols is 1. The molecule has 0 unspecified atom stereocenters. The monoisotopic (exact) mass is 237 g/mol. The van der Waals surface area contributed by atoms with Crippen LogP contribution in [-0.4, -0.2) is 24.7 Å². The van der Waals surface area contributed by atoms with Crippen LogP contribution in [0.1, 0.15) is 31.1 Å². The summed E-state index contributed by atoms with van der Waals surface area (Å²) < 4.78 is 4.91. The molecule has 1 aromatic carbocycles. The summed E-state index contributed by atoms with van der Waals surface area (Å²) in [4.78, 5) is 11.8. The minimum Gasteiger partial charge on any atom is -0.504 e. The van der Waals surface area contributed by atoms with Gasteiger partial charge in [0, 0.05) is 12.1 Å². The van der Waals surface area contributed by atoms with Gasteiger partial charge in [0.25, 0.3) is 5.91 Å². The number of benzene rings is 1. The Bertz CT molecular complexity index is 408. The van der Waals surface area contributed by atoms with Crippen molar-refractivity contribution in [3.8, 4) is 11.5 Å². The lowest BCUT2D eigenvalue weighted by Gasteiger charge is -2.18. The third kappa shape index (κ3) is 3.98. The van der Waals surface area contributed by atoms with Gasteiger partial charge in [0.2, 0.25) is 0 Å². The van der Waals surface area contributed by atoms with Gasteiger partial charge in [-0.1, -0.05) is 20.8 Å². The number of ether oxygens (including phenoxy) is 1. The molecular weight excluding hydrogens is 218 g/mol. The second-order valence-electron chi connectivity index (χ2n) is 5.13. The maximum Gasteiger partial charge on any atom is 0.251 e. The van der Waals surface area contributed by atoms with E-state index in [1.807, 2.05) is 20.8 Å². The Kier molecular flexibility index (Phi) is 3.99. The van der Waals surface area contributed by atoms with Crippen LogP contribution >= 0.6 is 0 Å². The number of rotatable bonds is 3. The summed E-state index contributed by atoms with van der Waals surface area (Å²) >= 11 is 0. The van der Waals surface area contributed by atoms with Crippen LogP contribution in [0.25, 0.3) is 0 Å². The van der Waals surface area contributed by atoms with Crippen LogP contribution in [0.3, 0.4) is 0 Å². The quantitative estimate of drug-likeness (QED) is 0.847. The van der Waals surface area contributed by atoms with Crippen LogP contribution in [0.4, 0.5) is 0 Å². The van der Waals surface area contributed by atoms with Crippen molar-refractivity contribution in [2.24, 2.45) is 5.41 Å². The number of amides is 1. The molecule has 0 aliphatic carbocycles. The van der Waals surface area contributed by atoms with Crippen LogP contribution < -0.4 is 10.1 Å². The summed E-state index contributed by atoms with van der Waals surface area (Å²) in [5, 5.41) is 12.4. The number of carbonyl (C=O) groups excluding carboxylic acids is 1. The molecule has 0 aliphatic heterocycles. The van der Waals surface area contributed by atoms with Gasteiger partial charge in [-0.25, -0.2) is 0 Å². The molecule has 2 N–H and O–H groups in total. The molecule has 4 nitrogen and oxygen atoms in total. The predicted molar refractivity (Wildman–Crippen MR) is 66.4 cm³/mol. The van der Waals surface area contributed by atoms with E-state index in [4.69, 9.17) is 4.74 Å². The summed E-state index contributed by atoms with van der Waals surface area (Å²) in [6, 6.07) is 4.59. The third-order valence-electron chi connectivity index (χ3n) is 2.22. The Labute approximate surface area is 102 Å². The van der Waals surface area contributed by atoms with Gasteiger partial charge in [-0.05, 0) is 23.6 Å². The SMILES string of the molecule is COc1ccc(C(=O)NCC(C)(C)C)cc1O. The molecule has 1 amide bonds. The number of hydrogen-bond donors (Lipinski definition) is 2. The molecule has 0 spiro atoms. The van der Waals surface area contributed by atoms with Crippen LogP contribution in [0.2, 0.25) is 0 Å². The first-order chi connectivity index (χ1) is 7.83. The maximum absolute atomic E-state index is 11.8. The lowest BCUT2D eigenvalue weighted by Crippen LogP contribution is -2.32. The van der Waals surface area contributed by atoms with Crippen LogP contribution in [0.15, 0.2) is 18.2 Å². The zero-order valence-electron chi connectivity index (χ0n) is 10.7. The number of aromatic hydroxyl groups is 1. The van der Waals surface area contributed by atoms with E-state index in [0.717, 1.165) is 0 Å². The van der Waals surface area contributed by atoms with Crippen molar-refractivity contribution in [2.45, 2.75) is 20.8 Å². The lowest BCUT2D eigenvalue weighted by molar-refractivity contribution is 0.0939. The van der Waals surface area contributed by atoms with Gasteiger partial charge in [0.05, 0.1) is 7.11 Å². The molecule has 4 heteroatoms. The molecule has 94 valence electrons. The van der Waals surface area contributed by atoms with Crippen molar-refractivity contribution in [2.75, 3.05) is 13.7 Å². The van der Waals surface area contributed by atoms with Gasteiger partial charge < -0.3 is 15.2 Å². The molecule has 0 atom stereocenters. The standard InChI is InChI=1S/C13H19NO3/c1-13(2,3)8-14-12(16)9-5-6-11(17-4)10(15)7-9/h5-7,15H,8H2,1-4H3,(H,14,16). The fourth-order valence-electron chi connectivity index (χ4n) is 1.28. The fourth-order valence-corrected chi connectivity index (χ4v) is 1.28. The first-order valence-electron chi connectivity index (χ1n) is 5.49. The second kappa shape index (κ2) is 5.08.